The van der Waals surface area contributed by atoms with E-state index in [1.165, 1.54) is 24.3 Å². The van der Waals surface area contributed by atoms with Gasteiger partial charge in [-0.1, -0.05) is 13.0 Å². The second kappa shape index (κ2) is 8.24. The molecule has 9 heteroatoms. The lowest BCUT2D eigenvalue weighted by molar-refractivity contribution is 0.0824. The summed E-state index contributed by atoms with van der Waals surface area (Å²) >= 11 is 0. The number of phenols is 1. The van der Waals surface area contributed by atoms with Crippen LogP contribution in [0.4, 0.5) is 17.1 Å². The van der Waals surface area contributed by atoms with Gasteiger partial charge in [-0.3, -0.25) is 9.36 Å². The zero-order valence-corrected chi connectivity index (χ0v) is 17.2. The molecule has 0 aliphatic carbocycles. The Labute approximate surface area is 173 Å². The highest BCUT2D eigenvalue weighted by Crippen LogP contribution is 2.47. The van der Waals surface area contributed by atoms with E-state index in [-0.39, 0.29) is 46.0 Å². The molecular weight excluding hydrogens is 388 g/mol. The molecular formula is C21H24N4O5. The van der Waals surface area contributed by atoms with Crippen LogP contribution in [0.25, 0.3) is 0 Å². The van der Waals surface area contributed by atoms with E-state index in [4.69, 9.17) is 4.42 Å². The molecule has 0 saturated carbocycles. The quantitative estimate of drug-likeness (QED) is 0.361. The van der Waals surface area contributed by atoms with Crippen molar-refractivity contribution in [2.24, 2.45) is 12.0 Å². The molecule has 0 fully saturated rings. The van der Waals surface area contributed by atoms with Crippen LogP contribution >= 0.6 is 0 Å². The van der Waals surface area contributed by atoms with Crippen molar-refractivity contribution in [1.82, 2.24) is 9.47 Å². The minimum atomic E-state index is -0.374. The van der Waals surface area contributed by atoms with Gasteiger partial charge in [0.25, 0.3) is 5.91 Å². The lowest BCUT2D eigenvalue weighted by Gasteiger charge is -2.15. The Kier molecular flexibility index (Phi) is 5.72. The van der Waals surface area contributed by atoms with E-state index in [9.17, 15) is 20.1 Å². The zero-order valence-electron chi connectivity index (χ0n) is 17.2. The lowest BCUT2D eigenvalue weighted by Crippen LogP contribution is -2.21. The van der Waals surface area contributed by atoms with Crippen LogP contribution in [-0.4, -0.2) is 50.5 Å². The first-order chi connectivity index (χ1) is 14.3. The number of rotatable bonds is 6. The number of amides is 1. The smallest absolute Gasteiger partial charge is 0.257 e. The van der Waals surface area contributed by atoms with Crippen LogP contribution in [-0.2, 0) is 7.05 Å². The second-order valence-electron chi connectivity index (χ2n) is 6.85. The van der Waals surface area contributed by atoms with Gasteiger partial charge in [0.1, 0.15) is 11.4 Å². The average Bonchev–Trinajstić information content (AvgIpc) is 3.32. The zero-order chi connectivity index (χ0) is 22.0. The van der Waals surface area contributed by atoms with Crippen molar-refractivity contribution in [2.75, 3.05) is 19.4 Å². The highest BCUT2D eigenvalue weighted by Gasteiger charge is 2.24. The van der Waals surface area contributed by atoms with Gasteiger partial charge in [-0.05, 0) is 30.7 Å². The predicted octanol–water partition coefficient (Wildman–Crippen LogP) is 3.71. The molecule has 1 amide bonds. The van der Waals surface area contributed by atoms with Crippen molar-refractivity contribution in [3.05, 3.63) is 47.9 Å². The number of furan rings is 1. The van der Waals surface area contributed by atoms with E-state index < -0.39 is 0 Å². The number of phenolic OH excluding ortho intramolecular Hbond substituents is 1. The van der Waals surface area contributed by atoms with Gasteiger partial charge in [0, 0.05) is 21.1 Å². The highest BCUT2D eigenvalue weighted by atomic mass is 16.3. The molecule has 2 aromatic heterocycles. The molecule has 0 atom stereocenters. The first kappa shape index (κ1) is 20.8. The molecule has 0 aliphatic rings. The van der Waals surface area contributed by atoms with E-state index in [0.717, 1.165) is 4.57 Å². The summed E-state index contributed by atoms with van der Waals surface area (Å²) in [5, 5.41) is 34.5. The summed E-state index contributed by atoms with van der Waals surface area (Å²) in [6.45, 7) is 1.89. The van der Waals surface area contributed by atoms with E-state index >= 15 is 0 Å². The second-order valence-corrected chi connectivity index (χ2v) is 6.85. The van der Waals surface area contributed by atoms with Gasteiger partial charge in [-0.25, -0.2) is 4.99 Å². The van der Waals surface area contributed by atoms with Crippen LogP contribution in [0.1, 0.15) is 29.5 Å². The SMILES string of the molecule is CCC(=Nc1c(Nc2cccc(C(=O)N(C)C)c2O)c(O)n(C)c1O)c1ccco1. The van der Waals surface area contributed by atoms with E-state index in [1.807, 2.05) is 6.92 Å². The van der Waals surface area contributed by atoms with Crippen LogP contribution in [0.2, 0.25) is 0 Å². The highest BCUT2D eigenvalue weighted by molar-refractivity contribution is 6.02. The van der Waals surface area contributed by atoms with E-state index in [1.54, 1.807) is 38.4 Å². The number of nitrogens with zero attached hydrogens (tertiary/aromatic N) is 3. The third-order valence-corrected chi connectivity index (χ3v) is 4.63. The summed E-state index contributed by atoms with van der Waals surface area (Å²) in [5.41, 5.74) is 0.990. The molecule has 0 bridgehead atoms. The molecule has 0 radical (unpaired) electrons. The molecule has 0 unspecified atom stereocenters. The van der Waals surface area contributed by atoms with Gasteiger partial charge >= 0.3 is 0 Å². The van der Waals surface area contributed by atoms with Gasteiger partial charge < -0.3 is 30.0 Å². The fourth-order valence-corrected chi connectivity index (χ4v) is 2.94. The third kappa shape index (κ3) is 3.69. The topological polar surface area (TPSA) is 123 Å². The van der Waals surface area contributed by atoms with Gasteiger partial charge in [-0.15, -0.1) is 0 Å². The Morgan fingerprint density at radius 2 is 1.90 bits per heavy atom. The molecule has 2 heterocycles. The number of hydrogen-bond acceptors (Lipinski definition) is 7. The number of para-hydroxylation sites is 1. The fraction of sp³-hybridized carbons (Fsp3) is 0.238. The third-order valence-electron chi connectivity index (χ3n) is 4.63. The summed E-state index contributed by atoms with van der Waals surface area (Å²) in [6.07, 6.45) is 2.04. The van der Waals surface area contributed by atoms with Gasteiger partial charge in [0.15, 0.2) is 11.4 Å². The molecule has 0 saturated heterocycles. The number of nitrogens with one attached hydrogen (secondary N) is 1. The number of hydrogen-bond donors (Lipinski definition) is 4. The van der Waals surface area contributed by atoms with E-state index in [0.29, 0.717) is 17.9 Å². The van der Waals surface area contributed by atoms with Crippen molar-refractivity contribution in [1.29, 1.82) is 0 Å². The molecule has 30 heavy (non-hydrogen) atoms. The van der Waals surface area contributed by atoms with Crippen LogP contribution in [0, 0.1) is 0 Å². The van der Waals surface area contributed by atoms with Crippen LogP contribution in [0.3, 0.4) is 0 Å². The van der Waals surface area contributed by atoms with Gasteiger partial charge in [0.05, 0.1) is 23.2 Å². The summed E-state index contributed by atoms with van der Waals surface area (Å²) in [7, 11) is 4.63. The molecule has 158 valence electrons. The number of aromatic nitrogens is 1. The van der Waals surface area contributed by atoms with Crippen LogP contribution < -0.4 is 5.32 Å². The maximum atomic E-state index is 12.3. The first-order valence-electron chi connectivity index (χ1n) is 9.28. The van der Waals surface area contributed by atoms with Crippen molar-refractivity contribution in [3.8, 4) is 17.5 Å². The Balaban J connectivity index is 2.10. The average molecular weight is 412 g/mol. The summed E-state index contributed by atoms with van der Waals surface area (Å²) in [4.78, 5) is 18.1. The monoisotopic (exact) mass is 412 g/mol. The van der Waals surface area contributed by atoms with Crippen molar-refractivity contribution in [2.45, 2.75) is 13.3 Å². The van der Waals surface area contributed by atoms with Crippen molar-refractivity contribution in [3.63, 3.8) is 0 Å². The van der Waals surface area contributed by atoms with Gasteiger partial charge in [0.2, 0.25) is 11.8 Å². The number of aliphatic imine (C=N–C) groups is 1. The lowest BCUT2D eigenvalue weighted by atomic mass is 10.1. The minimum absolute atomic E-state index is 0.0759. The van der Waals surface area contributed by atoms with Crippen molar-refractivity contribution >= 4 is 28.7 Å². The maximum Gasteiger partial charge on any atom is 0.257 e. The molecule has 9 nitrogen and oxygen atoms in total. The Bertz CT molecular complexity index is 1100. The summed E-state index contributed by atoms with van der Waals surface area (Å²) in [5.74, 6) is -0.679. The van der Waals surface area contributed by atoms with Crippen LogP contribution in [0.5, 0.6) is 17.5 Å². The largest absolute Gasteiger partial charge is 0.505 e. The van der Waals surface area contributed by atoms with Gasteiger partial charge in [-0.2, -0.15) is 0 Å². The molecule has 3 rings (SSSR count). The molecule has 0 aliphatic heterocycles. The first-order valence-corrected chi connectivity index (χ1v) is 9.28. The molecule has 0 spiro atoms. The number of carbonyl (C=O) groups is 1. The molecule has 4 N–H and O–H groups in total. The number of carbonyl (C=O) groups excluding carboxylic acids is 1. The Morgan fingerprint density at radius 3 is 2.50 bits per heavy atom. The molecule has 1 aromatic carbocycles. The number of anilines is 2. The predicted molar refractivity (Wildman–Crippen MR) is 113 cm³/mol. The normalized spacial score (nSPS) is 11.5. The maximum absolute atomic E-state index is 12.3. The van der Waals surface area contributed by atoms with E-state index in [2.05, 4.69) is 10.3 Å². The van der Waals surface area contributed by atoms with Crippen molar-refractivity contribution < 1.29 is 24.5 Å². The molecule has 3 aromatic rings. The Morgan fingerprint density at radius 1 is 1.17 bits per heavy atom. The fourth-order valence-electron chi connectivity index (χ4n) is 2.94. The number of aromatic hydroxyl groups is 3. The van der Waals surface area contributed by atoms with Crippen LogP contribution in [0.15, 0.2) is 46.0 Å². The Hall–Kier alpha value is -3.88. The minimum Gasteiger partial charge on any atom is -0.505 e. The standard InChI is InChI=1S/C21H24N4O5/c1-5-13(15-10-7-11-30-15)22-16-17(21(29)25(4)20(16)28)23-14-9-6-8-12(18(14)26)19(27)24(2)3/h6-11,23,26,28-29H,5H2,1-4H3. The summed E-state index contributed by atoms with van der Waals surface area (Å²) in [6, 6.07) is 8.12. The number of benzene rings is 1. The summed E-state index contributed by atoms with van der Waals surface area (Å²) < 4.78 is 6.55.